The summed E-state index contributed by atoms with van der Waals surface area (Å²) in [5.41, 5.74) is 2.60. The average Bonchev–Trinajstić information content (AvgIpc) is 3.11. The molecule has 11 heteroatoms. The number of aromatic carboxylic acids is 1. The number of benzene rings is 1. The van der Waals surface area contributed by atoms with Crippen LogP contribution in [0.5, 0.6) is 0 Å². The minimum atomic E-state index is -1.16. The molecule has 136 valence electrons. The normalized spacial score (nSPS) is 11.0. The van der Waals surface area contributed by atoms with Crippen LogP contribution in [-0.4, -0.2) is 33.1 Å². The highest BCUT2D eigenvalue weighted by Gasteiger charge is 2.17. The molecule has 2 N–H and O–H groups in total. The summed E-state index contributed by atoms with van der Waals surface area (Å²) in [6, 6.07) is 8.04. The fraction of sp³-hybridized carbons (Fsp3) is 0. The van der Waals surface area contributed by atoms with Gasteiger partial charge >= 0.3 is 17.8 Å². The summed E-state index contributed by atoms with van der Waals surface area (Å²) in [6.45, 7) is 0. The monoisotopic (exact) mass is 388 g/mol. The molecule has 2 aromatic heterocycles. The molecule has 0 spiro atoms. The molecule has 0 aliphatic carbocycles. The first-order valence-electron chi connectivity index (χ1n) is 7.26. The highest BCUT2D eigenvalue weighted by atomic mass is 35.5. The van der Waals surface area contributed by atoms with Crippen LogP contribution in [0.4, 0.5) is 5.88 Å². The van der Waals surface area contributed by atoms with Gasteiger partial charge in [0.1, 0.15) is 4.92 Å². The predicted octanol–water partition coefficient (Wildman–Crippen LogP) is 2.85. The van der Waals surface area contributed by atoms with E-state index in [9.17, 15) is 24.8 Å². The third kappa shape index (κ3) is 3.90. The molecule has 0 saturated heterocycles. The molecule has 0 radical (unpaired) electrons. The zero-order chi connectivity index (χ0) is 19.6. The largest absolute Gasteiger partial charge is 0.478 e. The second-order valence-electron chi connectivity index (χ2n) is 5.16. The number of pyridine rings is 1. The van der Waals surface area contributed by atoms with Gasteiger partial charge < -0.3 is 9.52 Å². The summed E-state index contributed by atoms with van der Waals surface area (Å²) in [5.74, 6) is -2.86. The first kappa shape index (κ1) is 18.0. The predicted molar refractivity (Wildman–Crippen MR) is 94.1 cm³/mol. The molecule has 0 fully saturated rings. The van der Waals surface area contributed by atoms with Crippen molar-refractivity contribution in [2.75, 3.05) is 0 Å². The van der Waals surface area contributed by atoms with Gasteiger partial charge in [-0.15, -0.1) is 0 Å². The molecule has 1 aromatic carbocycles. The number of halogens is 1. The molecule has 0 unspecified atom stereocenters. The molecule has 3 aromatic rings. The van der Waals surface area contributed by atoms with Gasteiger partial charge in [0.2, 0.25) is 5.76 Å². The number of nitrogens with one attached hydrogen (secondary N) is 1. The van der Waals surface area contributed by atoms with E-state index in [2.05, 4.69) is 15.5 Å². The Kier molecular flexibility index (Phi) is 4.81. The number of amides is 1. The Labute approximate surface area is 155 Å². The fourth-order valence-corrected chi connectivity index (χ4v) is 2.39. The van der Waals surface area contributed by atoms with Gasteiger partial charge in [0.15, 0.2) is 0 Å². The van der Waals surface area contributed by atoms with Crippen LogP contribution >= 0.6 is 11.6 Å². The molecule has 2 heterocycles. The van der Waals surface area contributed by atoms with Gasteiger partial charge in [-0.1, -0.05) is 17.7 Å². The topological polar surface area (TPSA) is 148 Å². The van der Waals surface area contributed by atoms with Gasteiger partial charge in [0, 0.05) is 10.4 Å². The lowest BCUT2D eigenvalue weighted by atomic mass is 10.1. The minimum absolute atomic E-state index is 0.00824. The van der Waals surface area contributed by atoms with Crippen molar-refractivity contribution in [3.05, 3.63) is 68.6 Å². The number of carbonyl (C=O) groups excluding carboxylic acids is 1. The number of rotatable bonds is 5. The number of furan rings is 1. The first-order valence-corrected chi connectivity index (χ1v) is 7.64. The molecule has 0 saturated carbocycles. The van der Waals surface area contributed by atoms with Crippen molar-refractivity contribution in [1.29, 1.82) is 0 Å². The van der Waals surface area contributed by atoms with Crippen LogP contribution in [0, 0.1) is 10.1 Å². The van der Waals surface area contributed by atoms with Crippen molar-refractivity contribution >= 4 is 46.5 Å². The SMILES string of the molecule is O=C(N/N=C/c1cc(C(=O)O)c2ccc(Cl)cc2n1)c1ccc([N+](=O)[O-])o1. The molecular formula is C16H9ClN4O6. The number of aromatic nitrogens is 1. The zero-order valence-corrected chi connectivity index (χ0v) is 14.0. The summed E-state index contributed by atoms with van der Waals surface area (Å²) in [4.78, 5) is 37.2. The number of nitrogens with zero attached hydrogens (tertiary/aromatic N) is 3. The lowest BCUT2D eigenvalue weighted by Gasteiger charge is -2.04. The molecule has 0 aliphatic rings. The Morgan fingerprint density at radius 2 is 2.07 bits per heavy atom. The van der Waals surface area contributed by atoms with E-state index >= 15 is 0 Å². The van der Waals surface area contributed by atoms with Crippen molar-refractivity contribution < 1.29 is 24.0 Å². The number of carboxylic acid groups (broad SMARTS) is 1. The quantitative estimate of drug-likeness (QED) is 0.387. The van der Waals surface area contributed by atoms with Crippen molar-refractivity contribution in [1.82, 2.24) is 10.4 Å². The van der Waals surface area contributed by atoms with E-state index in [0.29, 0.717) is 15.9 Å². The van der Waals surface area contributed by atoms with Crippen molar-refractivity contribution in [2.24, 2.45) is 5.10 Å². The van der Waals surface area contributed by atoms with Crippen molar-refractivity contribution in [2.45, 2.75) is 0 Å². The van der Waals surface area contributed by atoms with Gasteiger partial charge in [-0.25, -0.2) is 15.2 Å². The molecule has 10 nitrogen and oxygen atoms in total. The molecule has 0 aliphatic heterocycles. The highest BCUT2D eigenvalue weighted by Crippen LogP contribution is 2.22. The van der Waals surface area contributed by atoms with E-state index in [1.165, 1.54) is 12.1 Å². The minimum Gasteiger partial charge on any atom is -0.478 e. The van der Waals surface area contributed by atoms with Crippen LogP contribution < -0.4 is 5.43 Å². The maximum Gasteiger partial charge on any atom is 0.433 e. The Balaban J connectivity index is 1.83. The van der Waals surface area contributed by atoms with Crippen LogP contribution in [0.25, 0.3) is 10.9 Å². The van der Waals surface area contributed by atoms with Crippen LogP contribution in [0.15, 0.2) is 45.9 Å². The van der Waals surface area contributed by atoms with E-state index in [0.717, 1.165) is 18.3 Å². The zero-order valence-electron chi connectivity index (χ0n) is 13.2. The number of hydrogen-bond acceptors (Lipinski definition) is 7. The Morgan fingerprint density at radius 3 is 2.74 bits per heavy atom. The summed E-state index contributed by atoms with van der Waals surface area (Å²) in [5, 5.41) is 24.3. The first-order chi connectivity index (χ1) is 12.8. The lowest BCUT2D eigenvalue weighted by Crippen LogP contribution is -2.17. The van der Waals surface area contributed by atoms with Gasteiger partial charge in [-0.05, 0) is 24.3 Å². The molecule has 27 heavy (non-hydrogen) atoms. The van der Waals surface area contributed by atoms with E-state index in [1.807, 2.05) is 0 Å². The second-order valence-corrected chi connectivity index (χ2v) is 5.59. The fourth-order valence-electron chi connectivity index (χ4n) is 2.23. The third-order valence-electron chi connectivity index (χ3n) is 3.38. The Bertz CT molecular complexity index is 1110. The second kappa shape index (κ2) is 7.22. The Hall–Kier alpha value is -3.79. The van der Waals surface area contributed by atoms with E-state index in [-0.39, 0.29) is 17.0 Å². The van der Waals surface area contributed by atoms with Crippen molar-refractivity contribution in [3.8, 4) is 0 Å². The van der Waals surface area contributed by atoms with Gasteiger partial charge in [0.25, 0.3) is 0 Å². The maximum atomic E-state index is 11.8. The molecule has 0 atom stereocenters. The summed E-state index contributed by atoms with van der Waals surface area (Å²) in [6.07, 6.45) is 1.13. The summed E-state index contributed by atoms with van der Waals surface area (Å²) < 4.78 is 4.74. The van der Waals surface area contributed by atoms with Crippen LogP contribution in [0.2, 0.25) is 5.02 Å². The average molecular weight is 389 g/mol. The van der Waals surface area contributed by atoms with E-state index in [1.54, 1.807) is 12.1 Å². The number of carboxylic acids is 1. The smallest absolute Gasteiger partial charge is 0.433 e. The molecular weight excluding hydrogens is 380 g/mol. The van der Waals surface area contributed by atoms with Crippen LogP contribution in [-0.2, 0) is 0 Å². The van der Waals surface area contributed by atoms with E-state index in [4.69, 9.17) is 16.0 Å². The van der Waals surface area contributed by atoms with Crippen LogP contribution in [0.3, 0.4) is 0 Å². The van der Waals surface area contributed by atoms with Gasteiger partial charge in [-0.3, -0.25) is 14.9 Å². The third-order valence-corrected chi connectivity index (χ3v) is 3.62. The van der Waals surface area contributed by atoms with E-state index < -0.39 is 22.7 Å². The standard InChI is InChI=1S/C16H9ClN4O6/c17-8-1-2-10-11(16(23)24)6-9(19-12(10)5-8)7-18-20-15(22)13-3-4-14(27-13)21(25)26/h1-7H,(H,20,22)(H,23,24)/b18-7+. The number of nitro groups is 1. The number of hydrazone groups is 1. The molecule has 0 bridgehead atoms. The van der Waals surface area contributed by atoms with Gasteiger partial charge in [-0.2, -0.15) is 5.10 Å². The Morgan fingerprint density at radius 1 is 1.30 bits per heavy atom. The van der Waals surface area contributed by atoms with Crippen LogP contribution in [0.1, 0.15) is 26.6 Å². The number of carbonyl (C=O) groups is 2. The summed E-state index contributed by atoms with van der Waals surface area (Å²) in [7, 11) is 0. The van der Waals surface area contributed by atoms with Gasteiger partial charge in [0.05, 0.1) is 29.1 Å². The van der Waals surface area contributed by atoms with Crippen molar-refractivity contribution in [3.63, 3.8) is 0 Å². The summed E-state index contributed by atoms with van der Waals surface area (Å²) >= 11 is 5.90. The highest BCUT2D eigenvalue weighted by molar-refractivity contribution is 6.31. The maximum absolute atomic E-state index is 11.8. The number of fused-ring (bicyclic) bond motifs is 1. The molecule has 1 amide bonds. The lowest BCUT2D eigenvalue weighted by molar-refractivity contribution is -0.402. The molecule has 3 rings (SSSR count). The number of hydrogen-bond donors (Lipinski definition) is 2.